The van der Waals surface area contributed by atoms with Crippen molar-refractivity contribution in [2.75, 3.05) is 0 Å². The maximum atomic E-state index is 12.6. The van der Waals surface area contributed by atoms with Gasteiger partial charge < -0.3 is 4.57 Å². The van der Waals surface area contributed by atoms with Crippen molar-refractivity contribution in [1.82, 2.24) is 4.57 Å². The topological polar surface area (TPSA) is 22.0 Å². The van der Waals surface area contributed by atoms with Gasteiger partial charge in [0.1, 0.15) is 0 Å². The van der Waals surface area contributed by atoms with Gasteiger partial charge >= 0.3 is 0 Å². The summed E-state index contributed by atoms with van der Waals surface area (Å²) in [6.07, 6.45) is 3.90. The van der Waals surface area contributed by atoms with E-state index in [0.717, 1.165) is 16.7 Å². The molecule has 0 spiro atoms. The maximum Gasteiger partial charge on any atom is 0.192 e. The lowest BCUT2D eigenvalue weighted by molar-refractivity contribution is 0.589. The third-order valence-corrected chi connectivity index (χ3v) is 3.70. The highest BCUT2D eigenvalue weighted by Crippen LogP contribution is 2.22. The molecule has 0 amide bonds. The molecule has 20 heavy (non-hydrogen) atoms. The fourth-order valence-corrected chi connectivity index (χ4v) is 2.29. The molecule has 1 aromatic heterocycles. The maximum absolute atomic E-state index is 12.6. The fourth-order valence-electron chi connectivity index (χ4n) is 2.16. The molecule has 0 saturated heterocycles. The summed E-state index contributed by atoms with van der Waals surface area (Å²) in [6.45, 7) is 8.32. The molecule has 1 heterocycles. The van der Waals surface area contributed by atoms with Crippen LogP contribution < -0.4 is 5.43 Å². The number of pyridine rings is 1. The van der Waals surface area contributed by atoms with Crippen LogP contribution in [0.15, 0.2) is 41.5 Å². The van der Waals surface area contributed by atoms with E-state index in [0.29, 0.717) is 11.1 Å². The van der Waals surface area contributed by atoms with Crippen LogP contribution >= 0.6 is 11.6 Å². The van der Waals surface area contributed by atoms with Crippen molar-refractivity contribution in [3.05, 3.63) is 57.5 Å². The number of halogens is 1. The van der Waals surface area contributed by atoms with Gasteiger partial charge in [0.15, 0.2) is 5.43 Å². The van der Waals surface area contributed by atoms with Crippen molar-refractivity contribution in [3.8, 4) is 11.1 Å². The zero-order chi connectivity index (χ0) is 14.9. The van der Waals surface area contributed by atoms with Crippen LogP contribution in [-0.2, 0) is 0 Å². The zero-order valence-electron chi connectivity index (χ0n) is 12.4. The highest BCUT2D eigenvalue weighted by atomic mass is 35.5. The molecule has 106 valence electrons. The van der Waals surface area contributed by atoms with Crippen molar-refractivity contribution in [2.24, 2.45) is 0 Å². The molecule has 0 unspecified atom stereocenters. The van der Waals surface area contributed by atoms with E-state index in [2.05, 4.69) is 18.4 Å². The van der Waals surface area contributed by atoms with E-state index >= 15 is 0 Å². The first kappa shape index (κ1) is 14.9. The van der Waals surface area contributed by atoms with Gasteiger partial charge in [0.05, 0.1) is 0 Å². The van der Waals surface area contributed by atoms with E-state index in [9.17, 15) is 4.79 Å². The highest BCUT2D eigenvalue weighted by molar-refractivity contribution is 6.30. The molecule has 0 aliphatic carbocycles. The lowest BCUT2D eigenvalue weighted by atomic mass is 9.99. The minimum Gasteiger partial charge on any atom is -0.351 e. The third kappa shape index (κ3) is 2.96. The molecule has 2 nitrogen and oxygen atoms in total. The zero-order valence-corrected chi connectivity index (χ0v) is 13.1. The van der Waals surface area contributed by atoms with Gasteiger partial charge in [-0.2, -0.15) is 0 Å². The quantitative estimate of drug-likeness (QED) is 0.790. The smallest absolute Gasteiger partial charge is 0.192 e. The van der Waals surface area contributed by atoms with E-state index in [-0.39, 0.29) is 11.3 Å². The van der Waals surface area contributed by atoms with Crippen LogP contribution in [0.3, 0.4) is 0 Å². The average Bonchev–Trinajstić information content (AvgIpc) is 2.39. The van der Waals surface area contributed by atoms with Gasteiger partial charge in [0.2, 0.25) is 0 Å². The van der Waals surface area contributed by atoms with Crippen LogP contribution in [0, 0.1) is 0 Å². The molecule has 2 rings (SSSR count). The molecular formula is C17H20ClNO. The summed E-state index contributed by atoms with van der Waals surface area (Å²) < 4.78 is 2.10. The molecule has 0 aliphatic heterocycles. The van der Waals surface area contributed by atoms with Gasteiger partial charge in [0.25, 0.3) is 0 Å². The van der Waals surface area contributed by atoms with Crippen LogP contribution in [0.2, 0.25) is 5.02 Å². The Bertz CT molecular complexity index is 654. The summed E-state index contributed by atoms with van der Waals surface area (Å²) in [5.41, 5.74) is 2.61. The predicted octanol–water partition coefficient (Wildman–Crippen LogP) is 4.87. The Kier molecular flexibility index (Phi) is 4.34. The molecule has 1 aromatic carbocycles. The van der Waals surface area contributed by atoms with E-state index in [1.165, 1.54) is 0 Å². The van der Waals surface area contributed by atoms with Gasteiger partial charge in [-0.3, -0.25) is 4.79 Å². The number of hydrogen-bond donors (Lipinski definition) is 0. The Labute approximate surface area is 125 Å². The van der Waals surface area contributed by atoms with Crippen molar-refractivity contribution in [3.63, 3.8) is 0 Å². The largest absolute Gasteiger partial charge is 0.351 e. The van der Waals surface area contributed by atoms with Gasteiger partial charge in [-0.05, 0) is 37.5 Å². The first-order valence-electron chi connectivity index (χ1n) is 6.91. The van der Waals surface area contributed by atoms with Crippen LogP contribution in [0.25, 0.3) is 11.1 Å². The van der Waals surface area contributed by atoms with Crippen molar-refractivity contribution in [2.45, 2.75) is 39.7 Å². The number of aromatic nitrogens is 1. The predicted molar refractivity (Wildman–Crippen MR) is 85.6 cm³/mol. The number of nitrogens with zero attached hydrogens (tertiary/aromatic N) is 1. The van der Waals surface area contributed by atoms with Crippen LogP contribution in [0.1, 0.15) is 45.2 Å². The first-order valence-corrected chi connectivity index (χ1v) is 7.29. The Morgan fingerprint density at radius 2 is 1.60 bits per heavy atom. The summed E-state index contributed by atoms with van der Waals surface area (Å²) in [5, 5.41) is 0.679. The normalized spacial score (nSPS) is 11.3. The molecule has 0 fully saturated rings. The minimum atomic E-state index is 0.110. The molecule has 2 aromatic rings. The first-order chi connectivity index (χ1) is 9.40. The molecule has 0 atom stereocenters. The van der Waals surface area contributed by atoms with E-state index in [1.807, 2.05) is 50.5 Å². The van der Waals surface area contributed by atoms with E-state index < -0.39 is 0 Å². The Morgan fingerprint density at radius 3 is 2.10 bits per heavy atom. The molecule has 0 bridgehead atoms. The van der Waals surface area contributed by atoms with Gasteiger partial charge in [-0.15, -0.1) is 0 Å². The van der Waals surface area contributed by atoms with Crippen LogP contribution in [0.5, 0.6) is 0 Å². The second kappa shape index (κ2) is 5.84. The summed E-state index contributed by atoms with van der Waals surface area (Å²) in [4.78, 5) is 12.6. The van der Waals surface area contributed by atoms with E-state index in [1.54, 1.807) is 0 Å². The second-order valence-electron chi connectivity index (χ2n) is 5.66. The van der Waals surface area contributed by atoms with Gasteiger partial charge in [-0.25, -0.2) is 0 Å². The van der Waals surface area contributed by atoms with Crippen molar-refractivity contribution in [1.29, 1.82) is 0 Å². The molecule has 0 aliphatic rings. The number of hydrogen-bond acceptors (Lipinski definition) is 1. The van der Waals surface area contributed by atoms with Crippen LogP contribution in [-0.4, -0.2) is 4.57 Å². The van der Waals surface area contributed by atoms with E-state index in [4.69, 9.17) is 11.6 Å². The standard InChI is InChI=1S/C17H20ClNO/c1-11(2)15-9-19(12(3)4)10-16(17(15)20)13-5-7-14(18)8-6-13/h5-12H,1-4H3. The number of benzene rings is 1. The SMILES string of the molecule is CC(C)c1cn(C(C)C)cc(-c2ccc(Cl)cc2)c1=O. The summed E-state index contributed by atoms with van der Waals surface area (Å²) in [5.74, 6) is 0.208. The van der Waals surface area contributed by atoms with Crippen LogP contribution in [0.4, 0.5) is 0 Å². The number of rotatable bonds is 3. The summed E-state index contributed by atoms with van der Waals surface area (Å²) in [7, 11) is 0. The Morgan fingerprint density at radius 1 is 1.00 bits per heavy atom. The van der Waals surface area contributed by atoms with Gasteiger partial charge in [0, 0.05) is 34.6 Å². The fraction of sp³-hybridized carbons (Fsp3) is 0.353. The van der Waals surface area contributed by atoms with Crippen molar-refractivity contribution < 1.29 is 0 Å². The third-order valence-electron chi connectivity index (χ3n) is 3.45. The average molecular weight is 290 g/mol. The highest BCUT2D eigenvalue weighted by Gasteiger charge is 2.13. The van der Waals surface area contributed by atoms with Gasteiger partial charge in [-0.1, -0.05) is 37.6 Å². The monoisotopic (exact) mass is 289 g/mol. The second-order valence-corrected chi connectivity index (χ2v) is 6.10. The minimum absolute atomic E-state index is 0.110. The molecule has 0 saturated carbocycles. The summed E-state index contributed by atoms with van der Waals surface area (Å²) >= 11 is 5.92. The van der Waals surface area contributed by atoms with Crippen molar-refractivity contribution >= 4 is 11.6 Å². The lowest BCUT2D eigenvalue weighted by Gasteiger charge is -2.17. The molecule has 0 radical (unpaired) electrons. The lowest BCUT2D eigenvalue weighted by Crippen LogP contribution is -2.17. The molecule has 3 heteroatoms. The Balaban J connectivity index is 2.68. The Hall–Kier alpha value is -1.54. The molecular weight excluding hydrogens is 270 g/mol. The summed E-state index contributed by atoms with van der Waals surface area (Å²) in [6, 6.07) is 7.75. The molecule has 0 N–H and O–H groups in total.